The third kappa shape index (κ3) is 6.54. The highest BCUT2D eigenvalue weighted by Gasteiger charge is 2.25. The van der Waals surface area contributed by atoms with Gasteiger partial charge in [-0.05, 0) is 24.3 Å². The normalized spacial score (nSPS) is 14.2. The van der Waals surface area contributed by atoms with E-state index in [0.717, 1.165) is 51.1 Å². The van der Waals surface area contributed by atoms with E-state index in [1.54, 1.807) is 37.6 Å². The van der Waals surface area contributed by atoms with Gasteiger partial charge in [-0.1, -0.05) is 49.0 Å². The van der Waals surface area contributed by atoms with Crippen molar-refractivity contribution in [3.63, 3.8) is 0 Å². The summed E-state index contributed by atoms with van der Waals surface area (Å²) in [5.41, 5.74) is 3.07. The zero-order valence-corrected chi connectivity index (χ0v) is 20.3. The van der Waals surface area contributed by atoms with Crippen molar-refractivity contribution >= 4 is 24.2 Å². The molecule has 1 aliphatic heterocycles. The zero-order valence-electron chi connectivity index (χ0n) is 20.3. The molecule has 0 unspecified atom stereocenters. The molecule has 0 bridgehead atoms. The molecule has 180 valence electrons. The molecule has 0 atom stereocenters. The van der Waals surface area contributed by atoms with E-state index in [9.17, 15) is 9.59 Å². The molecule has 1 saturated heterocycles. The summed E-state index contributed by atoms with van der Waals surface area (Å²) in [5, 5.41) is 0. The fourth-order valence-corrected chi connectivity index (χ4v) is 4.27. The zero-order chi connectivity index (χ0) is 24.3. The van der Waals surface area contributed by atoms with E-state index in [0.29, 0.717) is 24.2 Å². The van der Waals surface area contributed by atoms with Crippen LogP contribution < -0.4 is 4.90 Å². The quantitative estimate of drug-likeness (QED) is 0.292. The number of piperazine rings is 1. The Hall–Kier alpha value is -3.45. The van der Waals surface area contributed by atoms with E-state index < -0.39 is 0 Å². The molecule has 0 radical (unpaired) electrons. The van der Waals surface area contributed by atoms with Crippen molar-refractivity contribution in [2.24, 2.45) is 4.99 Å². The molecular formula is C27H35N5O2. The highest BCUT2D eigenvalue weighted by molar-refractivity contribution is 6.06. The van der Waals surface area contributed by atoms with Gasteiger partial charge in [0.25, 0.3) is 5.91 Å². The number of aliphatic imine (C=N–C) groups is 1. The van der Waals surface area contributed by atoms with E-state index in [1.165, 1.54) is 5.56 Å². The second-order valence-electron chi connectivity index (χ2n) is 8.48. The van der Waals surface area contributed by atoms with Crippen molar-refractivity contribution in [3.05, 3.63) is 78.0 Å². The summed E-state index contributed by atoms with van der Waals surface area (Å²) >= 11 is 0. The number of carbonyl (C=O) groups is 2. The molecule has 1 fully saturated rings. The van der Waals surface area contributed by atoms with Crippen LogP contribution in [0.1, 0.15) is 32.7 Å². The highest BCUT2D eigenvalue weighted by Crippen LogP contribution is 2.26. The number of benzene rings is 2. The lowest BCUT2D eigenvalue weighted by Crippen LogP contribution is -2.46. The van der Waals surface area contributed by atoms with E-state index in [2.05, 4.69) is 45.6 Å². The maximum Gasteiger partial charge on any atom is 0.256 e. The van der Waals surface area contributed by atoms with Gasteiger partial charge in [-0.2, -0.15) is 0 Å². The van der Waals surface area contributed by atoms with E-state index in [1.807, 2.05) is 23.1 Å². The number of anilines is 1. The lowest BCUT2D eigenvalue weighted by atomic mass is 10.0. The summed E-state index contributed by atoms with van der Waals surface area (Å²) < 4.78 is 0. The lowest BCUT2D eigenvalue weighted by molar-refractivity contribution is 0.0789. The number of nitrogens with zero attached hydrogens (tertiary/aromatic N) is 5. The molecule has 7 heteroatoms. The van der Waals surface area contributed by atoms with Gasteiger partial charge in [-0.3, -0.25) is 19.5 Å². The van der Waals surface area contributed by atoms with Gasteiger partial charge in [-0.25, -0.2) is 0 Å². The van der Waals surface area contributed by atoms with Crippen LogP contribution in [-0.2, 0) is 6.54 Å². The van der Waals surface area contributed by atoms with Crippen LogP contribution in [0.2, 0.25) is 0 Å². The summed E-state index contributed by atoms with van der Waals surface area (Å²) in [6.07, 6.45) is 4.97. The van der Waals surface area contributed by atoms with Gasteiger partial charge in [0.15, 0.2) is 6.29 Å². The Labute approximate surface area is 203 Å². The topological polar surface area (TPSA) is 59.5 Å². The maximum absolute atomic E-state index is 13.4. The summed E-state index contributed by atoms with van der Waals surface area (Å²) in [5.74, 6) is -0.126. The molecular weight excluding hydrogens is 426 g/mol. The first-order valence-electron chi connectivity index (χ1n) is 11.7. The molecule has 3 rings (SSSR count). The minimum atomic E-state index is -0.126. The molecule has 0 aliphatic carbocycles. The molecule has 2 aromatic rings. The Kier molecular flexibility index (Phi) is 9.40. The van der Waals surface area contributed by atoms with Crippen molar-refractivity contribution in [2.75, 3.05) is 58.3 Å². The van der Waals surface area contributed by atoms with Gasteiger partial charge < -0.3 is 14.7 Å². The SMILES string of the molecule is C=CN(C=NC)CCCN(C)C(=O)c1c(C=O)cccc1N1CCN(Cc2ccccc2)CC1. The van der Waals surface area contributed by atoms with Gasteiger partial charge in [0.1, 0.15) is 0 Å². The first kappa shape index (κ1) is 25.2. The summed E-state index contributed by atoms with van der Waals surface area (Å²) in [4.78, 5) is 37.5. The molecule has 0 N–H and O–H groups in total. The largest absolute Gasteiger partial charge is 0.368 e. The lowest BCUT2D eigenvalue weighted by Gasteiger charge is -2.37. The summed E-state index contributed by atoms with van der Waals surface area (Å²) in [6, 6.07) is 16.0. The van der Waals surface area contributed by atoms with Gasteiger partial charge in [-0.15, -0.1) is 0 Å². The van der Waals surface area contributed by atoms with Crippen molar-refractivity contribution in [1.29, 1.82) is 0 Å². The van der Waals surface area contributed by atoms with Crippen molar-refractivity contribution in [2.45, 2.75) is 13.0 Å². The number of aldehydes is 1. The van der Waals surface area contributed by atoms with E-state index >= 15 is 0 Å². The Morgan fingerprint density at radius 2 is 1.79 bits per heavy atom. The molecule has 0 saturated carbocycles. The van der Waals surface area contributed by atoms with Crippen LogP contribution in [0.4, 0.5) is 5.69 Å². The second kappa shape index (κ2) is 12.7. The van der Waals surface area contributed by atoms with Gasteiger partial charge >= 0.3 is 0 Å². The van der Waals surface area contributed by atoms with Crippen LogP contribution in [-0.4, -0.2) is 86.6 Å². The number of hydrogen-bond acceptors (Lipinski definition) is 5. The van der Waals surface area contributed by atoms with Crippen LogP contribution >= 0.6 is 0 Å². The molecule has 1 amide bonds. The second-order valence-corrected chi connectivity index (χ2v) is 8.48. The molecule has 1 aliphatic rings. The van der Waals surface area contributed by atoms with E-state index in [-0.39, 0.29) is 5.91 Å². The average Bonchev–Trinajstić information content (AvgIpc) is 2.88. The van der Waals surface area contributed by atoms with Crippen LogP contribution in [0.15, 0.2) is 66.3 Å². The van der Waals surface area contributed by atoms with Gasteiger partial charge in [0.2, 0.25) is 0 Å². The number of amides is 1. The number of hydrogen-bond donors (Lipinski definition) is 0. The maximum atomic E-state index is 13.4. The minimum absolute atomic E-state index is 0.126. The van der Waals surface area contributed by atoms with Crippen molar-refractivity contribution < 1.29 is 9.59 Å². The molecule has 0 spiro atoms. The summed E-state index contributed by atoms with van der Waals surface area (Å²) in [6.45, 7) is 9.40. The van der Waals surface area contributed by atoms with Crippen molar-refractivity contribution in [3.8, 4) is 0 Å². The van der Waals surface area contributed by atoms with Crippen LogP contribution in [0.3, 0.4) is 0 Å². The Morgan fingerprint density at radius 1 is 1.06 bits per heavy atom. The van der Waals surface area contributed by atoms with Crippen LogP contribution in [0, 0.1) is 0 Å². The standard InChI is InChI=1S/C27H35N5O2/c1-4-30(22-28-2)15-9-14-29(3)27(34)26-24(21-33)12-8-13-25(26)32-18-16-31(17-19-32)20-23-10-6-5-7-11-23/h4-8,10-13,21-22H,1,9,14-20H2,2-3H3. The van der Waals surface area contributed by atoms with Gasteiger partial charge in [0, 0.05) is 65.5 Å². The first-order chi connectivity index (χ1) is 16.6. The van der Waals surface area contributed by atoms with Crippen LogP contribution in [0.25, 0.3) is 0 Å². The third-order valence-electron chi connectivity index (χ3n) is 6.13. The average molecular weight is 462 g/mol. The monoisotopic (exact) mass is 461 g/mol. The fraction of sp³-hybridized carbons (Fsp3) is 0.370. The predicted octanol–water partition coefficient (Wildman–Crippen LogP) is 3.39. The molecule has 34 heavy (non-hydrogen) atoms. The Morgan fingerprint density at radius 3 is 2.44 bits per heavy atom. The predicted molar refractivity (Wildman–Crippen MR) is 139 cm³/mol. The Balaban J connectivity index is 1.67. The third-order valence-corrected chi connectivity index (χ3v) is 6.13. The molecule has 7 nitrogen and oxygen atoms in total. The molecule has 0 aromatic heterocycles. The summed E-state index contributed by atoms with van der Waals surface area (Å²) in [7, 11) is 3.50. The molecule has 1 heterocycles. The van der Waals surface area contributed by atoms with Crippen molar-refractivity contribution in [1.82, 2.24) is 14.7 Å². The van der Waals surface area contributed by atoms with E-state index in [4.69, 9.17) is 0 Å². The Bertz CT molecular complexity index is 984. The minimum Gasteiger partial charge on any atom is -0.368 e. The van der Waals surface area contributed by atoms with Gasteiger partial charge in [0.05, 0.1) is 17.6 Å². The fourth-order valence-electron chi connectivity index (χ4n) is 4.27. The highest BCUT2D eigenvalue weighted by atomic mass is 16.2. The van der Waals surface area contributed by atoms with Crippen LogP contribution in [0.5, 0.6) is 0 Å². The first-order valence-corrected chi connectivity index (χ1v) is 11.7. The number of rotatable bonds is 11. The number of carbonyl (C=O) groups excluding carboxylic acids is 2. The smallest absolute Gasteiger partial charge is 0.256 e. The molecule has 2 aromatic carbocycles.